The van der Waals surface area contributed by atoms with Crippen LogP contribution < -0.4 is 0 Å². The van der Waals surface area contributed by atoms with Gasteiger partial charge in [-0.05, 0) is 90.5 Å². The zero-order chi connectivity index (χ0) is 38.1. The van der Waals surface area contributed by atoms with Crippen molar-refractivity contribution in [2.75, 3.05) is 19.8 Å². The SMILES string of the molecule is C[C@@H]1[C@H](O)[C@@]2(O[C@H]3C[C@@]4(O)C5=CC(=O)[C@@H]6[C@H](c7ccc(O)c(O)c7)[C@@H](O)[C@@H](OCCCO)C[C@]6(C)[C@H]5CC[C@]4(C)[C@H]3[C@]2(O)CCO)[C@@H]2C=C[C@@]1(C)CC2. The van der Waals surface area contributed by atoms with Crippen molar-refractivity contribution in [3.8, 4) is 11.5 Å². The molecular weight excluding hydrogens is 680 g/mol. The minimum atomic E-state index is -1.69. The van der Waals surface area contributed by atoms with Crippen molar-refractivity contribution in [1.29, 1.82) is 0 Å². The maximum absolute atomic E-state index is 14.7. The number of aliphatic hydroxyl groups excluding tert-OH is 4. The highest BCUT2D eigenvalue weighted by Gasteiger charge is 2.81. The van der Waals surface area contributed by atoms with Gasteiger partial charge >= 0.3 is 0 Å². The average molecular weight is 739 g/mol. The molecule has 0 aromatic heterocycles. The van der Waals surface area contributed by atoms with Crippen LogP contribution in [-0.2, 0) is 14.3 Å². The molecule has 7 aliphatic carbocycles. The number of ether oxygens (including phenoxy) is 2. The van der Waals surface area contributed by atoms with Crippen LogP contribution in [0.15, 0.2) is 42.0 Å². The highest BCUT2D eigenvalue weighted by Crippen LogP contribution is 2.75. The minimum absolute atomic E-state index is 0.0300. The van der Waals surface area contributed by atoms with Gasteiger partial charge in [0.2, 0.25) is 0 Å². The Hall–Kier alpha value is -2.35. The van der Waals surface area contributed by atoms with Crippen LogP contribution in [0.2, 0.25) is 0 Å². The summed E-state index contributed by atoms with van der Waals surface area (Å²) in [5.74, 6) is -3.94. The molecule has 1 aliphatic heterocycles. The molecule has 0 unspecified atom stereocenters. The van der Waals surface area contributed by atoms with Crippen LogP contribution in [0.1, 0.15) is 90.5 Å². The van der Waals surface area contributed by atoms with Crippen LogP contribution in [0.25, 0.3) is 0 Å². The number of phenolic OH excluding ortho intramolecular Hbond substituents is 2. The third kappa shape index (κ3) is 4.71. The number of phenols is 2. The van der Waals surface area contributed by atoms with E-state index in [1.54, 1.807) is 12.1 Å². The van der Waals surface area contributed by atoms with E-state index in [4.69, 9.17) is 9.47 Å². The lowest BCUT2D eigenvalue weighted by Crippen LogP contribution is -2.69. The maximum atomic E-state index is 14.7. The predicted molar refractivity (Wildman–Crippen MR) is 193 cm³/mol. The summed E-state index contributed by atoms with van der Waals surface area (Å²) in [7, 11) is 0. The first-order chi connectivity index (χ1) is 25.0. The van der Waals surface area contributed by atoms with Crippen LogP contribution in [0.4, 0.5) is 0 Å². The van der Waals surface area contributed by atoms with Crippen LogP contribution in [-0.4, -0.2) is 108 Å². The van der Waals surface area contributed by atoms with Crippen molar-refractivity contribution >= 4 is 5.78 Å². The van der Waals surface area contributed by atoms with Crippen LogP contribution in [0.5, 0.6) is 11.5 Å². The van der Waals surface area contributed by atoms with E-state index in [2.05, 4.69) is 19.1 Å². The second kappa shape index (κ2) is 12.3. The monoisotopic (exact) mass is 738 g/mol. The van der Waals surface area contributed by atoms with Crippen molar-refractivity contribution in [3.05, 3.63) is 47.6 Å². The lowest BCUT2D eigenvalue weighted by atomic mass is 9.43. The van der Waals surface area contributed by atoms with Crippen LogP contribution in [0.3, 0.4) is 0 Å². The third-order valence-corrected chi connectivity index (χ3v) is 16.4. The van der Waals surface area contributed by atoms with Gasteiger partial charge in [-0.1, -0.05) is 45.9 Å². The molecule has 292 valence electrons. The Morgan fingerprint density at radius 1 is 0.981 bits per heavy atom. The first-order valence-electron chi connectivity index (χ1n) is 19.8. The van der Waals surface area contributed by atoms with E-state index >= 15 is 0 Å². The van der Waals surface area contributed by atoms with Gasteiger partial charge in [0.1, 0.15) is 11.2 Å². The standard InChI is InChI=1S/C42H58O11/c1-22-36(49)42(24-8-11-37(22,2)12-9-24)40(50,14-16-44)35-31(53-42)21-41(51)26-19-29(47)33-32(23-6-7-27(45)28(46)18-23)34(48)30(52-17-5-15-43)20-38(33,3)25(26)10-13-39(35,41)4/h6-8,11,18-19,22,24-25,30-36,43-46,48-51H,5,9-10,12-17,20-21H2,1-4H3/t22-,24-,25+,30+,31+,32+,33-,34+,35+,36+,37+,38-,39-,40-,41-,42+/m1/s1. The van der Waals surface area contributed by atoms with E-state index in [9.17, 15) is 45.6 Å². The molecule has 16 atom stereocenters. The number of carbonyl (C=O) groups is 1. The minimum Gasteiger partial charge on any atom is -0.504 e. The molecule has 1 spiro atoms. The number of aromatic hydroxyl groups is 2. The lowest BCUT2D eigenvalue weighted by molar-refractivity contribution is -0.244. The van der Waals surface area contributed by atoms with E-state index in [-0.39, 0.29) is 73.1 Å². The lowest BCUT2D eigenvalue weighted by Gasteiger charge is -2.62. The summed E-state index contributed by atoms with van der Waals surface area (Å²) in [5, 5.41) is 91.3. The molecule has 0 amide bonds. The fraction of sp³-hybridized carbons (Fsp3) is 0.738. The average Bonchev–Trinajstić information content (AvgIpc) is 3.45. The maximum Gasteiger partial charge on any atom is 0.160 e. The number of aliphatic hydroxyl groups is 6. The van der Waals surface area contributed by atoms with Gasteiger partial charge in [0.25, 0.3) is 0 Å². The quantitative estimate of drug-likeness (QED) is 0.116. The topological polar surface area (TPSA) is 197 Å². The predicted octanol–water partition coefficient (Wildman–Crippen LogP) is 3.25. The smallest absolute Gasteiger partial charge is 0.160 e. The molecule has 4 saturated carbocycles. The summed E-state index contributed by atoms with van der Waals surface area (Å²) in [6.45, 7) is 7.93. The Balaban J connectivity index is 1.22. The summed E-state index contributed by atoms with van der Waals surface area (Å²) in [5.41, 5.74) is -5.61. The molecule has 2 bridgehead atoms. The van der Waals surface area contributed by atoms with Crippen LogP contribution in [0, 0.1) is 45.8 Å². The molecule has 0 radical (unpaired) electrons. The zero-order valence-corrected chi connectivity index (χ0v) is 31.3. The Morgan fingerprint density at radius 3 is 2.40 bits per heavy atom. The van der Waals surface area contributed by atoms with E-state index in [1.165, 1.54) is 12.1 Å². The molecule has 53 heavy (non-hydrogen) atoms. The molecule has 1 heterocycles. The van der Waals surface area contributed by atoms with E-state index < -0.39 is 69.8 Å². The van der Waals surface area contributed by atoms with Crippen molar-refractivity contribution in [3.63, 3.8) is 0 Å². The third-order valence-electron chi connectivity index (χ3n) is 16.4. The van der Waals surface area contributed by atoms with E-state index in [0.717, 1.165) is 12.8 Å². The number of hydrogen-bond donors (Lipinski definition) is 8. The molecule has 8 aliphatic rings. The highest BCUT2D eigenvalue weighted by atomic mass is 16.6. The number of carbonyl (C=O) groups excluding carboxylic acids is 1. The molecule has 9 rings (SSSR count). The zero-order valence-electron chi connectivity index (χ0n) is 31.3. The summed E-state index contributed by atoms with van der Waals surface area (Å²) < 4.78 is 13.3. The summed E-state index contributed by atoms with van der Waals surface area (Å²) >= 11 is 0. The number of rotatable bonds is 7. The van der Waals surface area contributed by atoms with Crippen LogP contribution >= 0.6 is 0 Å². The molecule has 1 saturated heterocycles. The van der Waals surface area contributed by atoms with Crippen molar-refractivity contribution in [1.82, 2.24) is 0 Å². The Labute approximate surface area is 311 Å². The molecular formula is C42H58O11. The number of allylic oxidation sites excluding steroid dienone is 2. The number of ketones is 1. The first-order valence-corrected chi connectivity index (χ1v) is 19.8. The fourth-order valence-electron chi connectivity index (χ4n) is 13.6. The molecule has 1 aromatic rings. The second-order valence-corrected chi connectivity index (χ2v) is 18.6. The number of hydrogen-bond acceptors (Lipinski definition) is 11. The summed E-state index contributed by atoms with van der Waals surface area (Å²) in [4.78, 5) is 14.7. The molecule has 5 fully saturated rings. The van der Waals surface area contributed by atoms with Crippen molar-refractivity contribution < 1.29 is 55.1 Å². The molecule has 1 aromatic carbocycles. The first kappa shape index (κ1) is 37.6. The number of fused-ring (bicyclic) bond motifs is 9. The van der Waals surface area contributed by atoms with Crippen molar-refractivity contribution in [2.45, 2.75) is 126 Å². The summed E-state index contributed by atoms with van der Waals surface area (Å²) in [6, 6.07) is 4.34. The largest absolute Gasteiger partial charge is 0.504 e. The van der Waals surface area contributed by atoms with Gasteiger partial charge in [-0.2, -0.15) is 0 Å². The number of benzene rings is 1. The summed E-state index contributed by atoms with van der Waals surface area (Å²) in [6.07, 6.45) is 5.65. The Bertz CT molecular complexity index is 1710. The molecule has 11 nitrogen and oxygen atoms in total. The van der Waals surface area contributed by atoms with Gasteiger partial charge in [-0.25, -0.2) is 0 Å². The van der Waals surface area contributed by atoms with Gasteiger partial charge < -0.3 is 50.3 Å². The normalized spacial score (nSPS) is 51.1. The Morgan fingerprint density at radius 2 is 1.74 bits per heavy atom. The van der Waals surface area contributed by atoms with Crippen molar-refractivity contribution in [2.24, 2.45) is 45.8 Å². The second-order valence-electron chi connectivity index (χ2n) is 18.6. The Kier molecular flexibility index (Phi) is 8.74. The fourth-order valence-corrected chi connectivity index (χ4v) is 13.6. The van der Waals surface area contributed by atoms with Gasteiger partial charge in [0, 0.05) is 61.7 Å². The van der Waals surface area contributed by atoms with E-state index in [0.29, 0.717) is 36.8 Å². The van der Waals surface area contributed by atoms with Gasteiger partial charge in [-0.3, -0.25) is 4.79 Å². The van der Waals surface area contributed by atoms with E-state index in [1.807, 2.05) is 20.8 Å². The van der Waals surface area contributed by atoms with Gasteiger partial charge in [0.05, 0.1) is 30.0 Å². The highest BCUT2D eigenvalue weighted by molar-refractivity contribution is 5.96. The molecule has 8 N–H and O–H groups in total. The van der Waals surface area contributed by atoms with Gasteiger partial charge in [0.15, 0.2) is 17.3 Å². The van der Waals surface area contributed by atoms with Gasteiger partial charge in [-0.15, -0.1) is 0 Å². The molecule has 11 heteroatoms.